The van der Waals surface area contributed by atoms with Crippen LogP contribution in [-0.4, -0.2) is 11.1 Å². The van der Waals surface area contributed by atoms with Gasteiger partial charge < -0.3 is 9.84 Å². The average molecular weight is 311 g/mol. The number of carboxylic acid groups (broad SMARTS) is 1. The Morgan fingerprint density at radius 2 is 1.90 bits per heavy atom. The largest absolute Gasteiger partial charge is 0.481 e. The molecule has 3 nitrogen and oxygen atoms in total. The maximum atomic E-state index is 10.9. The molecule has 0 radical (unpaired) electrons. The van der Waals surface area contributed by atoms with Gasteiger partial charge in [-0.3, -0.25) is 4.79 Å². The molecular weight excluding hydrogens is 299 g/mol. The number of hydrogen-bond donors (Lipinski definition) is 1. The molecule has 0 spiro atoms. The highest BCUT2D eigenvalue weighted by Gasteiger charge is 2.10. The van der Waals surface area contributed by atoms with E-state index in [9.17, 15) is 4.79 Å². The zero-order valence-electron chi connectivity index (χ0n) is 10.7. The minimum Gasteiger partial charge on any atom is -0.481 e. The lowest BCUT2D eigenvalue weighted by atomic mass is 10.1. The monoisotopic (exact) mass is 310 g/mol. The number of rotatable bonds is 4. The standard InChI is InChI=1S/C15H12Cl2O3/c1-9-2-5-14(10(6-9)7-15(18)19)20-11-3-4-12(16)13(17)8-11/h2-6,8H,7H2,1H3,(H,18,19). The summed E-state index contributed by atoms with van der Waals surface area (Å²) in [6, 6.07) is 10.3. The summed E-state index contributed by atoms with van der Waals surface area (Å²) in [7, 11) is 0. The molecule has 1 N–H and O–H groups in total. The number of carboxylic acids is 1. The van der Waals surface area contributed by atoms with Crippen LogP contribution in [0.1, 0.15) is 11.1 Å². The fourth-order valence-electron chi connectivity index (χ4n) is 1.78. The Morgan fingerprint density at radius 1 is 1.15 bits per heavy atom. The summed E-state index contributed by atoms with van der Waals surface area (Å²) in [5.41, 5.74) is 1.59. The second kappa shape index (κ2) is 6.16. The van der Waals surface area contributed by atoms with E-state index in [4.69, 9.17) is 33.0 Å². The van der Waals surface area contributed by atoms with Crippen LogP contribution in [0.25, 0.3) is 0 Å². The van der Waals surface area contributed by atoms with E-state index in [1.807, 2.05) is 13.0 Å². The molecule has 2 rings (SSSR count). The van der Waals surface area contributed by atoms with Gasteiger partial charge >= 0.3 is 5.97 Å². The highest BCUT2D eigenvalue weighted by molar-refractivity contribution is 6.42. The molecule has 0 saturated carbocycles. The van der Waals surface area contributed by atoms with Crippen LogP contribution >= 0.6 is 23.2 Å². The lowest BCUT2D eigenvalue weighted by Gasteiger charge is -2.11. The predicted octanol–water partition coefficient (Wildman–Crippen LogP) is 4.72. The minimum absolute atomic E-state index is 0.0989. The molecule has 0 atom stereocenters. The van der Waals surface area contributed by atoms with Gasteiger partial charge in [-0.15, -0.1) is 0 Å². The van der Waals surface area contributed by atoms with Gasteiger partial charge in [-0.2, -0.15) is 0 Å². The van der Waals surface area contributed by atoms with Crippen LogP contribution in [0.2, 0.25) is 10.0 Å². The zero-order chi connectivity index (χ0) is 14.7. The van der Waals surface area contributed by atoms with Crippen LogP contribution in [0.15, 0.2) is 36.4 Å². The number of benzene rings is 2. The van der Waals surface area contributed by atoms with E-state index < -0.39 is 5.97 Å². The summed E-state index contributed by atoms with van der Waals surface area (Å²) in [5, 5.41) is 9.76. The SMILES string of the molecule is Cc1ccc(Oc2ccc(Cl)c(Cl)c2)c(CC(=O)O)c1. The molecule has 0 heterocycles. The van der Waals surface area contributed by atoms with E-state index in [0.717, 1.165) is 5.56 Å². The fraction of sp³-hybridized carbons (Fsp3) is 0.133. The molecule has 0 aliphatic rings. The summed E-state index contributed by atoms with van der Waals surface area (Å²) in [5.74, 6) is 0.0980. The maximum absolute atomic E-state index is 10.9. The molecule has 0 unspecified atom stereocenters. The highest BCUT2D eigenvalue weighted by atomic mass is 35.5. The van der Waals surface area contributed by atoms with Crippen LogP contribution in [0.3, 0.4) is 0 Å². The third-order valence-corrected chi connectivity index (χ3v) is 3.42. The summed E-state index contributed by atoms with van der Waals surface area (Å²) < 4.78 is 5.69. The number of hydrogen-bond acceptors (Lipinski definition) is 2. The van der Waals surface area contributed by atoms with Gasteiger partial charge in [-0.25, -0.2) is 0 Å². The van der Waals surface area contributed by atoms with Crippen LogP contribution in [-0.2, 0) is 11.2 Å². The summed E-state index contributed by atoms with van der Waals surface area (Å²) in [6.45, 7) is 1.90. The van der Waals surface area contributed by atoms with Gasteiger partial charge in [0.15, 0.2) is 0 Å². The fourth-order valence-corrected chi connectivity index (χ4v) is 2.06. The highest BCUT2D eigenvalue weighted by Crippen LogP contribution is 2.31. The normalized spacial score (nSPS) is 10.3. The second-order valence-electron chi connectivity index (χ2n) is 4.36. The van der Waals surface area contributed by atoms with Gasteiger partial charge in [0.25, 0.3) is 0 Å². The van der Waals surface area contributed by atoms with Crippen molar-refractivity contribution in [2.75, 3.05) is 0 Å². The van der Waals surface area contributed by atoms with Crippen molar-refractivity contribution in [1.29, 1.82) is 0 Å². The van der Waals surface area contributed by atoms with Gasteiger partial charge in [-0.05, 0) is 25.1 Å². The van der Waals surface area contributed by atoms with E-state index in [1.54, 1.807) is 30.3 Å². The predicted molar refractivity (Wildman–Crippen MR) is 79.1 cm³/mol. The Labute approximate surface area is 126 Å². The van der Waals surface area contributed by atoms with Gasteiger partial charge in [0.05, 0.1) is 16.5 Å². The zero-order valence-corrected chi connectivity index (χ0v) is 12.2. The third kappa shape index (κ3) is 3.65. The summed E-state index contributed by atoms with van der Waals surface area (Å²) in [4.78, 5) is 10.9. The van der Waals surface area contributed by atoms with Crippen molar-refractivity contribution in [3.8, 4) is 11.5 Å². The molecule has 0 saturated heterocycles. The lowest BCUT2D eigenvalue weighted by Crippen LogP contribution is -2.02. The Bertz CT molecular complexity index is 654. The number of carbonyl (C=O) groups is 1. The van der Waals surface area contributed by atoms with Gasteiger partial charge in [0.1, 0.15) is 11.5 Å². The molecule has 0 amide bonds. The van der Waals surface area contributed by atoms with Crippen molar-refractivity contribution in [1.82, 2.24) is 0 Å². The van der Waals surface area contributed by atoms with Crippen molar-refractivity contribution in [3.05, 3.63) is 57.6 Å². The Kier molecular flexibility index (Phi) is 4.53. The quantitative estimate of drug-likeness (QED) is 0.888. The van der Waals surface area contributed by atoms with Crippen molar-refractivity contribution in [2.24, 2.45) is 0 Å². The Morgan fingerprint density at radius 3 is 2.55 bits per heavy atom. The molecule has 104 valence electrons. The van der Waals surface area contributed by atoms with Crippen molar-refractivity contribution in [3.63, 3.8) is 0 Å². The van der Waals surface area contributed by atoms with Crippen LogP contribution in [0.5, 0.6) is 11.5 Å². The van der Waals surface area contributed by atoms with Crippen molar-refractivity contribution < 1.29 is 14.6 Å². The van der Waals surface area contributed by atoms with Crippen LogP contribution in [0, 0.1) is 6.92 Å². The maximum Gasteiger partial charge on any atom is 0.307 e. The molecule has 0 aromatic heterocycles. The third-order valence-electron chi connectivity index (χ3n) is 2.68. The van der Waals surface area contributed by atoms with Crippen LogP contribution < -0.4 is 4.74 Å². The van der Waals surface area contributed by atoms with E-state index in [-0.39, 0.29) is 6.42 Å². The molecule has 2 aromatic rings. The second-order valence-corrected chi connectivity index (χ2v) is 5.17. The first kappa shape index (κ1) is 14.7. The van der Waals surface area contributed by atoms with Crippen molar-refractivity contribution in [2.45, 2.75) is 13.3 Å². The van der Waals surface area contributed by atoms with Gasteiger partial charge in [0.2, 0.25) is 0 Å². The smallest absolute Gasteiger partial charge is 0.307 e. The molecule has 20 heavy (non-hydrogen) atoms. The average Bonchev–Trinajstić information content (AvgIpc) is 2.36. The molecule has 0 fully saturated rings. The minimum atomic E-state index is -0.908. The number of aryl methyl sites for hydroxylation is 1. The molecule has 0 bridgehead atoms. The van der Waals surface area contributed by atoms with Crippen LogP contribution in [0.4, 0.5) is 0 Å². The molecule has 0 aliphatic heterocycles. The lowest BCUT2D eigenvalue weighted by molar-refractivity contribution is -0.136. The summed E-state index contributed by atoms with van der Waals surface area (Å²) in [6.07, 6.45) is -0.0989. The Balaban J connectivity index is 2.32. The molecule has 0 aliphatic carbocycles. The molecule has 5 heteroatoms. The first-order chi connectivity index (χ1) is 9.45. The summed E-state index contributed by atoms with van der Waals surface area (Å²) >= 11 is 11.8. The number of aliphatic carboxylic acids is 1. The number of ether oxygens (including phenoxy) is 1. The topological polar surface area (TPSA) is 46.5 Å². The Hall–Kier alpha value is -1.71. The molecule has 2 aromatic carbocycles. The number of halogens is 2. The first-order valence-corrected chi connectivity index (χ1v) is 6.65. The van der Waals surface area contributed by atoms with Crippen molar-refractivity contribution >= 4 is 29.2 Å². The first-order valence-electron chi connectivity index (χ1n) is 5.90. The molecular formula is C15H12Cl2O3. The van der Waals surface area contributed by atoms with E-state index in [2.05, 4.69) is 0 Å². The van der Waals surface area contributed by atoms with E-state index in [0.29, 0.717) is 27.1 Å². The van der Waals surface area contributed by atoms with E-state index in [1.165, 1.54) is 0 Å². The van der Waals surface area contributed by atoms with Gasteiger partial charge in [0, 0.05) is 11.6 Å². The van der Waals surface area contributed by atoms with E-state index >= 15 is 0 Å². The van der Waals surface area contributed by atoms with Gasteiger partial charge in [-0.1, -0.05) is 40.9 Å².